The molecule has 2 atom stereocenters. The smallest absolute Gasteiger partial charge is 0.248 e. The van der Waals surface area contributed by atoms with Gasteiger partial charge in [-0.1, -0.05) is 24.4 Å². The molecule has 26 heavy (non-hydrogen) atoms. The van der Waals surface area contributed by atoms with E-state index in [1.165, 1.54) is 19.3 Å². The monoisotopic (exact) mass is 358 g/mol. The minimum atomic E-state index is -0.282. The summed E-state index contributed by atoms with van der Waals surface area (Å²) in [6.45, 7) is 4.45. The summed E-state index contributed by atoms with van der Waals surface area (Å²) in [5.74, 6) is 3.46. The van der Waals surface area contributed by atoms with Crippen molar-refractivity contribution in [2.45, 2.75) is 77.3 Å². The third kappa shape index (κ3) is 3.37. The lowest BCUT2D eigenvalue weighted by Crippen LogP contribution is -2.37. The first-order valence-electron chi connectivity index (χ1n) is 9.64. The summed E-state index contributed by atoms with van der Waals surface area (Å²) in [5, 5.41) is 15.4. The lowest BCUT2D eigenvalue weighted by Gasteiger charge is -2.24. The summed E-state index contributed by atoms with van der Waals surface area (Å²) in [6.07, 6.45) is 7.57. The van der Waals surface area contributed by atoms with Gasteiger partial charge in [0.05, 0.1) is 5.92 Å². The van der Waals surface area contributed by atoms with Gasteiger partial charge in [0, 0.05) is 18.9 Å². The lowest BCUT2D eigenvalue weighted by molar-refractivity contribution is -0.126. The summed E-state index contributed by atoms with van der Waals surface area (Å²) in [7, 11) is 0. The Morgan fingerprint density at radius 1 is 1.23 bits per heavy atom. The van der Waals surface area contributed by atoms with Crippen molar-refractivity contribution in [2.24, 2.45) is 5.92 Å². The predicted molar refractivity (Wildman–Crippen MR) is 93.3 cm³/mol. The zero-order valence-electron chi connectivity index (χ0n) is 15.4. The van der Waals surface area contributed by atoms with Crippen molar-refractivity contribution in [3.8, 4) is 0 Å². The van der Waals surface area contributed by atoms with E-state index in [4.69, 9.17) is 4.52 Å². The van der Waals surface area contributed by atoms with Crippen LogP contribution in [0.1, 0.15) is 80.8 Å². The molecule has 2 aromatic rings. The molecular formula is C18H26N6O2. The minimum Gasteiger partial charge on any atom is -0.344 e. The van der Waals surface area contributed by atoms with E-state index in [0.717, 1.165) is 43.2 Å². The molecule has 8 heteroatoms. The first-order valence-corrected chi connectivity index (χ1v) is 9.64. The molecule has 0 saturated heterocycles. The highest BCUT2D eigenvalue weighted by molar-refractivity contribution is 5.79. The molecule has 1 fully saturated rings. The third-order valence-electron chi connectivity index (χ3n) is 5.66. The zero-order valence-corrected chi connectivity index (χ0v) is 15.4. The number of rotatable bonds is 4. The Morgan fingerprint density at radius 2 is 2.04 bits per heavy atom. The first-order chi connectivity index (χ1) is 12.6. The van der Waals surface area contributed by atoms with Gasteiger partial charge in [-0.2, -0.15) is 4.98 Å². The maximum absolute atomic E-state index is 12.7. The van der Waals surface area contributed by atoms with Gasteiger partial charge in [0.1, 0.15) is 17.7 Å². The molecule has 3 heterocycles. The molecule has 0 radical (unpaired) electrons. The van der Waals surface area contributed by atoms with E-state index >= 15 is 0 Å². The fraction of sp³-hybridized carbons (Fsp3) is 0.722. The highest BCUT2D eigenvalue weighted by Crippen LogP contribution is 2.31. The molecule has 2 aliphatic rings. The van der Waals surface area contributed by atoms with Crippen LogP contribution in [0.3, 0.4) is 0 Å². The molecule has 0 aromatic carbocycles. The topological polar surface area (TPSA) is 98.7 Å². The van der Waals surface area contributed by atoms with Crippen molar-refractivity contribution in [3.05, 3.63) is 23.4 Å². The zero-order chi connectivity index (χ0) is 18.1. The number of hydrogen-bond donors (Lipinski definition) is 1. The van der Waals surface area contributed by atoms with E-state index in [-0.39, 0.29) is 17.9 Å². The average molecular weight is 358 g/mol. The molecule has 1 aliphatic heterocycles. The second-order valence-electron chi connectivity index (χ2n) is 7.57. The second kappa shape index (κ2) is 7.17. The highest BCUT2D eigenvalue weighted by atomic mass is 16.5. The van der Waals surface area contributed by atoms with Gasteiger partial charge in [-0.3, -0.25) is 4.79 Å². The molecule has 2 unspecified atom stereocenters. The van der Waals surface area contributed by atoms with E-state index in [9.17, 15) is 4.79 Å². The van der Waals surface area contributed by atoms with Gasteiger partial charge in [-0.05, 0) is 33.1 Å². The first kappa shape index (κ1) is 17.2. The molecule has 1 N–H and O–H groups in total. The van der Waals surface area contributed by atoms with Crippen LogP contribution >= 0.6 is 0 Å². The Labute approximate surface area is 152 Å². The summed E-state index contributed by atoms with van der Waals surface area (Å²) >= 11 is 0. The van der Waals surface area contributed by atoms with Crippen molar-refractivity contribution in [1.82, 2.24) is 30.2 Å². The molecule has 1 amide bonds. The molecule has 1 aliphatic carbocycles. The normalized spacial score (nSPS) is 22.0. The maximum atomic E-state index is 12.7. The van der Waals surface area contributed by atoms with Crippen LogP contribution in [-0.2, 0) is 17.8 Å². The number of amides is 1. The van der Waals surface area contributed by atoms with Crippen LogP contribution in [-0.4, -0.2) is 30.8 Å². The summed E-state index contributed by atoms with van der Waals surface area (Å²) < 4.78 is 7.46. The SMILES string of the molecule is Cc1nnc2n1CC(C(=O)NC(C)c1nc(C3CCCCC3)no1)CC2. The van der Waals surface area contributed by atoms with Crippen molar-refractivity contribution in [3.63, 3.8) is 0 Å². The second-order valence-corrected chi connectivity index (χ2v) is 7.57. The Bertz CT molecular complexity index is 776. The molecule has 8 nitrogen and oxygen atoms in total. The molecule has 0 spiro atoms. The van der Waals surface area contributed by atoms with Crippen LogP contribution < -0.4 is 5.32 Å². The van der Waals surface area contributed by atoms with E-state index in [2.05, 4.69) is 25.7 Å². The number of nitrogens with one attached hydrogen (secondary N) is 1. The number of nitrogens with zero attached hydrogens (tertiary/aromatic N) is 5. The number of carbonyl (C=O) groups is 1. The summed E-state index contributed by atoms with van der Waals surface area (Å²) in [4.78, 5) is 17.2. The predicted octanol–water partition coefficient (Wildman–Crippen LogP) is 2.46. The number of hydrogen-bond acceptors (Lipinski definition) is 6. The lowest BCUT2D eigenvalue weighted by atomic mass is 9.89. The molecule has 2 aromatic heterocycles. The van der Waals surface area contributed by atoms with Gasteiger partial charge in [0.25, 0.3) is 0 Å². The Balaban J connectivity index is 1.37. The van der Waals surface area contributed by atoms with Crippen LogP contribution in [0, 0.1) is 12.8 Å². The van der Waals surface area contributed by atoms with Crippen molar-refractivity contribution in [1.29, 1.82) is 0 Å². The number of fused-ring (bicyclic) bond motifs is 1. The van der Waals surface area contributed by atoms with Gasteiger partial charge in [0.15, 0.2) is 5.82 Å². The largest absolute Gasteiger partial charge is 0.344 e. The fourth-order valence-corrected chi connectivity index (χ4v) is 4.02. The maximum Gasteiger partial charge on any atom is 0.248 e. The quantitative estimate of drug-likeness (QED) is 0.901. The van der Waals surface area contributed by atoms with Gasteiger partial charge in [-0.25, -0.2) is 0 Å². The Morgan fingerprint density at radius 3 is 2.85 bits per heavy atom. The molecule has 1 saturated carbocycles. The third-order valence-corrected chi connectivity index (χ3v) is 5.66. The van der Waals surface area contributed by atoms with Crippen molar-refractivity contribution >= 4 is 5.91 Å². The number of carbonyl (C=O) groups excluding carboxylic acids is 1. The van der Waals surface area contributed by atoms with E-state index < -0.39 is 0 Å². The molecule has 0 bridgehead atoms. The van der Waals surface area contributed by atoms with E-state index in [1.54, 1.807) is 0 Å². The van der Waals surface area contributed by atoms with Crippen molar-refractivity contribution in [2.75, 3.05) is 0 Å². The molecule has 140 valence electrons. The van der Waals surface area contributed by atoms with E-state index in [0.29, 0.717) is 18.4 Å². The van der Waals surface area contributed by atoms with Gasteiger partial charge in [0.2, 0.25) is 11.8 Å². The van der Waals surface area contributed by atoms with Crippen LogP contribution in [0.2, 0.25) is 0 Å². The van der Waals surface area contributed by atoms with Crippen LogP contribution in [0.15, 0.2) is 4.52 Å². The average Bonchev–Trinajstić information content (AvgIpc) is 3.30. The fourth-order valence-electron chi connectivity index (χ4n) is 4.02. The van der Waals surface area contributed by atoms with Gasteiger partial charge >= 0.3 is 0 Å². The van der Waals surface area contributed by atoms with Gasteiger partial charge in [-0.15, -0.1) is 10.2 Å². The van der Waals surface area contributed by atoms with E-state index in [1.807, 2.05) is 18.4 Å². The van der Waals surface area contributed by atoms with Gasteiger partial charge < -0.3 is 14.4 Å². The highest BCUT2D eigenvalue weighted by Gasteiger charge is 2.29. The summed E-state index contributed by atoms with van der Waals surface area (Å²) in [6, 6.07) is -0.282. The Hall–Kier alpha value is -2.25. The van der Waals surface area contributed by atoms with Crippen LogP contribution in [0.5, 0.6) is 0 Å². The summed E-state index contributed by atoms with van der Waals surface area (Å²) in [5.41, 5.74) is 0. The number of aryl methyl sites for hydroxylation is 2. The standard InChI is InChI=1S/C18H26N6O2/c1-11(18-20-16(23-26-18)13-6-4-3-5-7-13)19-17(25)14-8-9-15-22-21-12(2)24(15)10-14/h11,13-14H,3-10H2,1-2H3,(H,19,25). The molecular weight excluding hydrogens is 332 g/mol. The van der Waals surface area contributed by atoms with Crippen LogP contribution in [0.4, 0.5) is 0 Å². The van der Waals surface area contributed by atoms with Crippen LogP contribution in [0.25, 0.3) is 0 Å². The number of aromatic nitrogens is 5. The molecule has 4 rings (SSSR count). The minimum absolute atomic E-state index is 0.0219. The van der Waals surface area contributed by atoms with Crippen molar-refractivity contribution < 1.29 is 9.32 Å². The Kier molecular flexibility index (Phi) is 4.74.